The van der Waals surface area contributed by atoms with Crippen LogP contribution in [-0.4, -0.2) is 77.1 Å². The highest BCUT2D eigenvalue weighted by atomic mass is 19.3. The smallest absolute Gasteiger partial charge is 0.299 e. The molecule has 2 amide bonds. The molecule has 1 saturated heterocycles. The Morgan fingerprint density at radius 2 is 1.85 bits per heavy atom. The summed E-state index contributed by atoms with van der Waals surface area (Å²) in [6.45, 7) is 4.23. The molecule has 15 heteroatoms. The normalized spacial score (nSPS) is 15.8. The van der Waals surface area contributed by atoms with E-state index >= 15 is 0 Å². The third-order valence-corrected chi connectivity index (χ3v) is 7.41. The number of anilines is 1. The van der Waals surface area contributed by atoms with Crippen LogP contribution in [0.5, 0.6) is 5.75 Å². The zero-order valence-electron chi connectivity index (χ0n) is 22.6. The number of carbonyl (C=O) groups excluding carboxylic acids is 2. The Morgan fingerprint density at radius 1 is 1.12 bits per heavy atom. The Bertz CT molecular complexity index is 1670. The second-order valence-electron chi connectivity index (χ2n) is 9.89. The van der Waals surface area contributed by atoms with E-state index in [9.17, 15) is 28.3 Å². The Kier molecular flexibility index (Phi) is 7.51. The van der Waals surface area contributed by atoms with Crippen LogP contribution in [0, 0.1) is 6.92 Å². The largest absolute Gasteiger partial charge is 0.504 e. The fraction of sp³-hybridized carbons (Fsp3) is 0.423. The van der Waals surface area contributed by atoms with Crippen LogP contribution in [0.25, 0.3) is 11.4 Å². The van der Waals surface area contributed by atoms with Crippen molar-refractivity contribution in [3.8, 4) is 5.75 Å². The van der Waals surface area contributed by atoms with E-state index in [0.717, 1.165) is 4.52 Å². The second-order valence-corrected chi connectivity index (χ2v) is 9.89. The summed E-state index contributed by atoms with van der Waals surface area (Å²) in [5, 5.41) is 14.7. The number of fused-ring (bicyclic) bond motifs is 1. The fourth-order valence-electron chi connectivity index (χ4n) is 5.24. The molecule has 0 atom stereocenters. The van der Waals surface area contributed by atoms with Crippen molar-refractivity contribution in [2.45, 2.75) is 46.1 Å². The lowest BCUT2D eigenvalue weighted by Crippen LogP contribution is -2.51. The van der Waals surface area contributed by atoms with Gasteiger partial charge in [0.2, 0.25) is 11.7 Å². The number of piperazine rings is 1. The SMILES string of the molecule is CCc1c(N2CCN(C(=O)c3ncnc(C)c3O)CC2)c(=O)n2nc(C3=CCC(=C(F)F)CC3)nc2n1CC(N)=O. The number of hydrogen-bond acceptors (Lipinski definition) is 9. The van der Waals surface area contributed by atoms with Crippen LogP contribution in [-0.2, 0) is 17.8 Å². The van der Waals surface area contributed by atoms with Crippen LogP contribution in [0.15, 0.2) is 28.9 Å². The third-order valence-electron chi connectivity index (χ3n) is 7.41. The van der Waals surface area contributed by atoms with Gasteiger partial charge in [-0.25, -0.2) is 9.97 Å². The average molecular weight is 570 g/mol. The van der Waals surface area contributed by atoms with Crippen LogP contribution < -0.4 is 16.2 Å². The summed E-state index contributed by atoms with van der Waals surface area (Å²) in [5.41, 5.74) is 6.85. The van der Waals surface area contributed by atoms with Gasteiger partial charge in [0.25, 0.3) is 17.5 Å². The van der Waals surface area contributed by atoms with E-state index in [1.54, 1.807) is 17.6 Å². The first-order valence-corrected chi connectivity index (χ1v) is 13.2. The molecule has 0 unspecified atom stereocenters. The molecule has 1 fully saturated rings. The molecule has 4 heterocycles. The van der Waals surface area contributed by atoms with E-state index < -0.39 is 23.5 Å². The number of aryl methyl sites for hydroxylation is 1. The van der Waals surface area contributed by atoms with Crippen molar-refractivity contribution in [2.75, 3.05) is 31.1 Å². The van der Waals surface area contributed by atoms with Gasteiger partial charge in [-0.2, -0.15) is 18.3 Å². The molecule has 3 aromatic heterocycles. The standard InChI is InChI=1S/C26H29F2N9O4/c1-3-17-20(34-8-10-35(11-9-34)24(40)19-21(39)14(2)30-13-31-19)25(41)37-26(36(17)12-18(29)38)32-23(33-37)16-6-4-15(5-7-16)22(27)28/h6,13,39H,3-5,7-12H2,1-2H3,(H2,29,38). The van der Waals surface area contributed by atoms with Gasteiger partial charge >= 0.3 is 0 Å². The maximum atomic E-state index is 13.8. The van der Waals surface area contributed by atoms with E-state index in [-0.39, 0.29) is 74.2 Å². The maximum absolute atomic E-state index is 13.8. The lowest BCUT2D eigenvalue weighted by molar-refractivity contribution is -0.118. The number of hydrogen-bond donors (Lipinski definition) is 2. The molecular weight excluding hydrogens is 540 g/mol. The monoisotopic (exact) mass is 569 g/mol. The summed E-state index contributed by atoms with van der Waals surface area (Å²) in [6, 6.07) is 0. The van der Waals surface area contributed by atoms with E-state index in [2.05, 4.69) is 20.1 Å². The van der Waals surface area contributed by atoms with Gasteiger partial charge in [0.1, 0.15) is 18.6 Å². The number of amides is 2. The zero-order chi connectivity index (χ0) is 29.4. The molecule has 0 spiro atoms. The summed E-state index contributed by atoms with van der Waals surface area (Å²) in [5.74, 6) is -0.997. The number of allylic oxidation sites excluding steroid dienone is 3. The van der Waals surface area contributed by atoms with E-state index in [1.807, 2.05) is 11.8 Å². The minimum atomic E-state index is -1.69. The summed E-state index contributed by atoms with van der Waals surface area (Å²) in [6.07, 6.45) is 2.05. The van der Waals surface area contributed by atoms with E-state index in [1.165, 1.54) is 11.2 Å². The van der Waals surface area contributed by atoms with Gasteiger partial charge in [-0.15, -0.1) is 5.10 Å². The van der Waals surface area contributed by atoms with Gasteiger partial charge < -0.3 is 25.2 Å². The lowest BCUT2D eigenvalue weighted by atomic mass is 9.95. The number of nitrogens with two attached hydrogens (primary N) is 1. The summed E-state index contributed by atoms with van der Waals surface area (Å²) in [7, 11) is 0. The Balaban J connectivity index is 1.50. The van der Waals surface area contributed by atoms with E-state index in [4.69, 9.17) is 5.73 Å². The Hall–Kier alpha value is -4.69. The van der Waals surface area contributed by atoms with Crippen molar-refractivity contribution in [3.63, 3.8) is 0 Å². The summed E-state index contributed by atoms with van der Waals surface area (Å²) in [4.78, 5) is 54.6. The van der Waals surface area contributed by atoms with Gasteiger partial charge in [-0.05, 0) is 43.8 Å². The van der Waals surface area contributed by atoms with Crippen LogP contribution in [0.1, 0.15) is 53.9 Å². The number of aromatic hydroxyl groups is 1. The van der Waals surface area contributed by atoms with E-state index in [0.29, 0.717) is 35.5 Å². The quantitative estimate of drug-likeness (QED) is 0.447. The van der Waals surface area contributed by atoms with Crippen LogP contribution in [0.4, 0.5) is 14.5 Å². The third kappa shape index (κ3) is 5.14. The molecule has 13 nitrogen and oxygen atoms in total. The van der Waals surface area contributed by atoms with Crippen LogP contribution in [0.3, 0.4) is 0 Å². The second kappa shape index (κ2) is 11.1. The summed E-state index contributed by atoms with van der Waals surface area (Å²) >= 11 is 0. The van der Waals surface area contributed by atoms with Crippen molar-refractivity contribution in [2.24, 2.45) is 5.73 Å². The van der Waals surface area contributed by atoms with Crippen molar-refractivity contribution in [1.29, 1.82) is 0 Å². The van der Waals surface area contributed by atoms with Gasteiger partial charge in [-0.3, -0.25) is 14.4 Å². The highest BCUT2D eigenvalue weighted by Crippen LogP contribution is 2.31. The Labute approximate surface area is 232 Å². The predicted molar refractivity (Wildman–Crippen MR) is 143 cm³/mol. The van der Waals surface area contributed by atoms with Gasteiger partial charge in [0.05, 0.1) is 11.4 Å². The Morgan fingerprint density at radius 3 is 2.46 bits per heavy atom. The van der Waals surface area contributed by atoms with Crippen molar-refractivity contribution >= 4 is 28.9 Å². The molecule has 0 bridgehead atoms. The molecular formula is C26H29F2N9O4. The first kappa shape index (κ1) is 27.9. The number of carbonyl (C=O) groups is 2. The molecule has 3 N–H and O–H groups in total. The summed E-state index contributed by atoms with van der Waals surface area (Å²) < 4.78 is 28.7. The van der Waals surface area contributed by atoms with Gasteiger partial charge in [0.15, 0.2) is 17.3 Å². The fourth-order valence-corrected chi connectivity index (χ4v) is 5.24. The molecule has 1 aliphatic carbocycles. The minimum absolute atomic E-state index is 0.0593. The molecule has 1 aliphatic heterocycles. The molecule has 0 radical (unpaired) electrons. The number of rotatable bonds is 6. The van der Waals surface area contributed by atoms with Gasteiger partial charge in [0, 0.05) is 26.2 Å². The zero-order valence-corrected chi connectivity index (χ0v) is 22.6. The number of nitrogens with zero attached hydrogens (tertiary/aromatic N) is 8. The average Bonchev–Trinajstić information content (AvgIpc) is 3.41. The minimum Gasteiger partial charge on any atom is -0.504 e. The predicted octanol–water partition coefficient (Wildman–Crippen LogP) is 1.42. The molecule has 216 valence electrons. The van der Waals surface area contributed by atoms with Crippen LogP contribution in [0.2, 0.25) is 0 Å². The topological polar surface area (TPSA) is 165 Å². The number of aromatic nitrogens is 6. The highest BCUT2D eigenvalue weighted by molar-refractivity contribution is 5.95. The molecule has 5 rings (SSSR count). The number of primary amides is 1. The van der Waals surface area contributed by atoms with Crippen molar-refractivity contribution < 1.29 is 23.5 Å². The highest BCUT2D eigenvalue weighted by Gasteiger charge is 2.30. The van der Waals surface area contributed by atoms with Gasteiger partial charge in [-0.1, -0.05) is 13.0 Å². The molecule has 0 aromatic carbocycles. The maximum Gasteiger partial charge on any atom is 0.299 e. The van der Waals surface area contributed by atoms with Crippen molar-refractivity contribution in [3.05, 3.63) is 57.3 Å². The molecule has 0 saturated carbocycles. The molecule has 3 aromatic rings. The molecule has 41 heavy (non-hydrogen) atoms. The lowest BCUT2D eigenvalue weighted by Gasteiger charge is -2.36. The van der Waals surface area contributed by atoms with Crippen LogP contribution >= 0.6 is 0 Å². The molecule has 2 aliphatic rings. The van der Waals surface area contributed by atoms with Crippen molar-refractivity contribution in [1.82, 2.24) is 34.0 Å². The number of halogens is 2. The first-order valence-electron chi connectivity index (χ1n) is 13.2. The first-order chi connectivity index (χ1) is 19.6.